The zero-order valence-corrected chi connectivity index (χ0v) is 17.3. The van der Waals surface area contributed by atoms with Gasteiger partial charge >= 0.3 is 5.97 Å². The molecule has 3 aliphatic carbocycles. The molecule has 4 aliphatic rings. The molecule has 2 saturated carbocycles. The van der Waals surface area contributed by atoms with Gasteiger partial charge in [0.15, 0.2) is 5.78 Å². The summed E-state index contributed by atoms with van der Waals surface area (Å²) in [4.78, 5) is 23.1. The molecule has 4 heteroatoms. The van der Waals surface area contributed by atoms with Gasteiger partial charge in [-0.2, -0.15) is 0 Å². The van der Waals surface area contributed by atoms with Gasteiger partial charge in [0.1, 0.15) is 5.76 Å². The highest BCUT2D eigenvalue weighted by molar-refractivity contribution is 5.91. The number of allylic oxidation sites excluding steroid dienone is 2. The Hall–Kier alpha value is -1.32. The molecule has 7 unspecified atom stereocenters. The van der Waals surface area contributed by atoms with Gasteiger partial charge in [0.05, 0.1) is 12.7 Å². The summed E-state index contributed by atoms with van der Waals surface area (Å²) in [6.45, 7) is 9.07. The molecule has 3 fully saturated rings. The molecule has 0 radical (unpaired) electrons. The van der Waals surface area contributed by atoms with Gasteiger partial charge in [0.2, 0.25) is 0 Å². The van der Waals surface area contributed by atoms with E-state index in [9.17, 15) is 9.59 Å². The third-order valence-corrected chi connectivity index (χ3v) is 8.72. The molecule has 0 bridgehead atoms. The van der Waals surface area contributed by atoms with Crippen LogP contribution in [-0.4, -0.2) is 24.5 Å². The first-order valence-corrected chi connectivity index (χ1v) is 10.8. The predicted octanol–water partition coefficient (Wildman–Crippen LogP) is 4.67. The van der Waals surface area contributed by atoms with E-state index in [1.165, 1.54) is 32.6 Å². The van der Waals surface area contributed by atoms with Gasteiger partial charge in [-0.05, 0) is 68.6 Å². The first-order chi connectivity index (χ1) is 12.8. The van der Waals surface area contributed by atoms with E-state index in [1.54, 1.807) is 6.08 Å². The standard InChI is InChI=1S/C23H34O4/c1-14-21-18-6-5-16(9-12-26-15(2)24)22(18,3)11-8-19(21)23(4)10-7-17(25)13-20(23)27-14/h13-14,16,18-19,21H,5-12H2,1-4H3. The summed E-state index contributed by atoms with van der Waals surface area (Å²) >= 11 is 0. The van der Waals surface area contributed by atoms with Crippen molar-refractivity contribution in [3.8, 4) is 0 Å². The van der Waals surface area contributed by atoms with Crippen molar-refractivity contribution in [1.29, 1.82) is 0 Å². The Labute approximate surface area is 163 Å². The molecule has 0 aromatic heterocycles. The fourth-order valence-electron chi connectivity index (χ4n) is 7.23. The second-order valence-corrected chi connectivity index (χ2v) is 9.95. The van der Waals surface area contributed by atoms with Gasteiger partial charge in [-0.25, -0.2) is 0 Å². The summed E-state index contributed by atoms with van der Waals surface area (Å²) in [6, 6.07) is 0. The highest BCUT2D eigenvalue weighted by Crippen LogP contribution is 2.66. The summed E-state index contributed by atoms with van der Waals surface area (Å²) in [6.07, 6.45) is 9.50. The van der Waals surface area contributed by atoms with Crippen LogP contribution in [-0.2, 0) is 19.1 Å². The highest BCUT2D eigenvalue weighted by atomic mass is 16.5. The second-order valence-electron chi connectivity index (χ2n) is 9.95. The van der Waals surface area contributed by atoms with Crippen molar-refractivity contribution in [1.82, 2.24) is 0 Å². The third kappa shape index (κ3) is 2.94. The molecule has 0 aromatic rings. The van der Waals surface area contributed by atoms with E-state index in [2.05, 4.69) is 20.8 Å². The molecular formula is C23H34O4. The van der Waals surface area contributed by atoms with Gasteiger partial charge in [-0.1, -0.05) is 13.8 Å². The number of rotatable bonds is 3. The smallest absolute Gasteiger partial charge is 0.302 e. The van der Waals surface area contributed by atoms with Crippen molar-refractivity contribution in [2.45, 2.75) is 78.7 Å². The van der Waals surface area contributed by atoms with Crippen LogP contribution in [0.25, 0.3) is 0 Å². The topological polar surface area (TPSA) is 52.6 Å². The van der Waals surface area contributed by atoms with Crippen LogP contribution in [0.3, 0.4) is 0 Å². The lowest BCUT2D eigenvalue weighted by molar-refractivity contribution is -0.153. The lowest BCUT2D eigenvalue weighted by Crippen LogP contribution is -2.55. The van der Waals surface area contributed by atoms with Gasteiger partial charge in [0, 0.05) is 30.8 Å². The van der Waals surface area contributed by atoms with Crippen LogP contribution in [0, 0.1) is 34.5 Å². The molecule has 0 amide bonds. The highest BCUT2D eigenvalue weighted by Gasteiger charge is 2.61. The van der Waals surface area contributed by atoms with Crippen molar-refractivity contribution in [3.63, 3.8) is 0 Å². The molecule has 0 spiro atoms. The van der Waals surface area contributed by atoms with Crippen molar-refractivity contribution in [3.05, 3.63) is 11.8 Å². The molecule has 1 saturated heterocycles. The van der Waals surface area contributed by atoms with Gasteiger partial charge in [-0.15, -0.1) is 0 Å². The first kappa shape index (κ1) is 19.0. The summed E-state index contributed by atoms with van der Waals surface area (Å²) in [5.74, 6) is 3.49. The number of ketones is 1. The summed E-state index contributed by atoms with van der Waals surface area (Å²) < 4.78 is 11.7. The Morgan fingerprint density at radius 2 is 2.00 bits per heavy atom. The Kier molecular flexibility index (Phi) is 4.67. The zero-order chi connectivity index (χ0) is 19.4. The second kappa shape index (κ2) is 6.63. The fraction of sp³-hybridized carbons (Fsp3) is 0.826. The maximum absolute atomic E-state index is 12.0. The average Bonchev–Trinajstić information content (AvgIpc) is 2.93. The first-order valence-electron chi connectivity index (χ1n) is 10.8. The molecular weight excluding hydrogens is 340 g/mol. The van der Waals surface area contributed by atoms with Crippen molar-refractivity contribution >= 4 is 11.8 Å². The Bertz CT molecular complexity index is 667. The van der Waals surface area contributed by atoms with Crippen molar-refractivity contribution < 1.29 is 19.1 Å². The number of ether oxygens (including phenoxy) is 2. The van der Waals surface area contributed by atoms with Crippen molar-refractivity contribution in [2.24, 2.45) is 34.5 Å². The SMILES string of the molecule is CC(=O)OCCC1CCC2C3C(C)OC4=CC(=O)CCC4(C)C3CCC12C. The normalized spacial score (nSPS) is 45.9. The van der Waals surface area contributed by atoms with Crippen LogP contribution in [0.15, 0.2) is 11.8 Å². The largest absolute Gasteiger partial charge is 0.494 e. The number of esters is 1. The van der Waals surface area contributed by atoms with Crippen LogP contribution < -0.4 is 0 Å². The molecule has 4 nitrogen and oxygen atoms in total. The van der Waals surface area contributed by atoms with E-state index in [0.29, 0.717) is 42.1 Å². The number of fused-ring (bicyclic) bond motifs is 5. The van der Waals surface area contributed by atoms with Crippen LogP contribution in [0.2, 0.25) is 0 Å². The van der Waals surface area contributed by atoms with Gasteiger partial charge in [0.25, 0.3) is 0 Å². The molecule has 7 atom stereocenters. The Balaban J connectivity index is 1.56. The minimum Gasteiger partial charge on any atom is -0.494 e. The van der Waals surface area contributed by atoms with E-state index >= 15 is 0 Å². The maximum atomic E-state index is 12.0. The monoisotopic (exact) mass is 374 g/mol. The van der Waals surface area contributed by atoms with Gasteiger partial charge < -0.3 is 9.47 Å². The third-order valence-electron chi connectivity index (χ3n) is 8.72. The molecule has 150 valence electrons. The van der Waals surface area contributed by atoms with Crippen LogP contribution >= 0.6 is 0 Å². The quantitative estimate of drug-likeness (QED) is 0.674. The average molecular weight is 375 g/mol. The zero-order valence-electron chi connectivity index (χ0n) is 17.3. The maximum Gasteiger partial charge on any atom is 0.302 e. The minimum absolute atomic E-state index is 0.0300. The number of carbonyl (C=O) groups excluding carboxylic acids is 2. The molecule has 1 aliphatic heterocycles. The number of hydrogen-bond donors (Lipinski definition) is 0. The summed E-state index contributed by atoms with van der Waals surface area (Å²) in [7, 11) is 0. The molecule has 0 N–H and O–H groups in total. The predicted molar refractivity (Wildman–Crippen MR) is 103 cm³/mol. The van der Waals surface area contributed by atoms with Crippen LogP contribution in [0.4, 0.5) is 0 Å². The molecule has 1 heterocycles. The van der Waals surface area contributed by atoms with Crippen molar-refractivity contribution in [2.75, 3.05) is 6.61 Å². The Morgan fingerprint density at radius 1 is 1.22 bits per heavy atom. The Morgan fingerprint density at radius 3 is 2.74 bits per heavy atom. The number of carbonyl (C=O) groups is 2. The minimum atomic E-state index is -0.174. The van der Waals surface area contributed by atoms with E-state index < -0.39 is 0 Å². The summed E-state index contributed by atoms with van der Waals surface area (Å²) in [5.41, 5.74) is 0.350. The van der Waals surface area contributed by atoms with Crippen LogP contribution in [0.5, 0.6) is 0 Å². The van der Waals surface area contributed by atoms with E-state index in [1.807, 2.05) is 0 Å². The summed E-state index contributed by atoms with van der Waals surface area (Å²) in [5, 5.41) is 0. The molecule has 27 heavy (non-hydrogen) atoms. The number of hydrogen-bond acceptors (Lipinski definition) is 4. The van der Waals surface area contributed by atoms with E-state index in [0.717, 1.165) is 18.6 Å². The van der Waals surface area contributed by atoms with E-state index in [4.69, 9.17) is 9.47 Å². The van der Waals surface area contributed by atoms with Crippen LogP contribution in [0.1, 0.15) is 72.6 Å². The lowest BCUT2D eigenvalue weighted by Gasteiger charge is -2.59. The lowest BCUT2D eigenvalue weighted by atomic mass is 9.49. The van der Waals surface area contributed by atoms with Gasteiger partial charge in [-0.3, -0.25) is 9.59 Å². The van der Waals surface area contributed by atoms with E-state index in [-0.39, 0.29) is 23.3 Å². The molecule has 4 rings (SSSR count). The fourth-order valence-corrected chi connectivity index (χ4v) is 7.23. The molecule has 0 aromatic carbocycles.